The van der Waals surface area contributed by atoms with Crippen LogP contribution in [0, 0.1) is 6.92 Å². The van der Waals surface area contributed by atoms with E-state index in [1.165, 1.54) is 18.4 Å². The van der Waals surface area contributed by atoms with Gasteiger partial charge in [0.25, 0.3) is 5.91 Å². The molecule has 0 aliphatic heterocycles. The SMILES string of the molecule is CCc1ccc(OCC(=O)Nc2sc(C)c(-c3cccc(Cl)c3)c2C(=O)OC)c(Br)c1. The van der Waals surface area contributed by atoms with Gasteiger partial charge in [-0.05, 0) is 64.7 Å². The van der Waals surface area contributed by atoms with Gasteiger partial charge in [0, 0.05) is 15.5 Å². The van der Waals surface area contributed by atoms with E-state index in [9.17, 15) is 9.59 Å². The Kier molecular flexibility index (Phi) is 7.75. The molecule has 0 spiro atoms. The average Bonchev–Trinajstić information content (AvgIpc) is 3.07. The number of methoxy groups -OCH3 is 1. The molecular weight excluding hydrogens is 502 g/mol. The van der Waals surface area contributed by atoms with Crippen LogP contribution in [0.5, 0.6) is 5.75 Å². The molecule has 8 heteroatoms. The maximum atomic E-state index is 12.6. The molecule has 1 aromatic heterocycles. The van der Waals surface area contributed by atoms with Crippen LogP contribution in [0.2, 0.25) is 5.02 Å². The first-order valence-corrected chi connectivity index (χ1v) is 11.5. The lowest BCUT2D eigenvalue weighted by molar-refractivity contribution is -0.118. The van der Waals surface area contributed by atoms with Crippen LogP contribution in [0.4, 0.5) is 5.00 Å². The molecule has 1 heterocycles. The van der Waals surface area contributed by atoms with Crippen molar-refractivity contribution in [2.75, 3.05) is 19.0 Å². The van der Waals surface area contributed by atoms with Crippen molar-refractivity contribution >= 4 is 55.7 Å². The highest BCUT2D eigenvalue weighted by molar-refractivity contribution is 9.10. The molecule has 0 aliphatic carbocycles. The Morgan fingerprint density at radius 1 is 1.19 bits per heavy atom. The highest BCUT2D eigenvalue weighted by Crippen LogP contribution is 2.41. The molecule has 0 unspecified atom stereocenters. The minimum atomic E-state index is -0.534. The third-order valence-electron chi connectivity index (χ3n) is 4.60. The molecule has 1 amide bonds. The Balaban J connectivity index is 1.83. The number of carbonyl (C=O) groups is 2. The number of anilines is 1. The van der Waals surface area contributed by atoms with Crippen molar-refractivity contribution < 1.29 is 19.1 Å². The zero-order chi connectivity index (χ0) is 22.5. The molecule has 0 fully saturated rings. The Morgan fingerprint density at radius 2 is 1.97 bits per heavy atom. The molecule has 0 aliphatic rings. The summed E-state index contributed by atoms with van der Waals surface area (Å²) in [5, 5.41) is 3.75. The highest BCUT2D eigenvalue weighted by Gasteiger charge is 2.25. The van der Waals surface area contributed by atoms with E-state index in [0.29, 0.717) is 26.9 Å². The summed E-state index contributed by atoms with van der Waals surface area (Å²) in [6.45, 7) is 3.75. The van der Waals surface area contributed by atoms with Crippen molar-refractivity contribution in [1.29, 1.82) is 0 Å². The molecule has 0 atom stereocenters. The molecule has 3 rings (SSSR count). The summed E-state index contributed by atoms with van der Waals surface area (Å²) in [6, 6.07) is 12.9. The Morgan fingerprint density at radius 3 is 2.61 bits per heavy atom. The predicted molar refractivity (Wildman–Crippen MR) is 128 cm³/mol. The fraction of sp³-hybridized carbons (Fsp3) is 0.217. The maximum absolute atomic E-state index is 12.6. The van der Waals surface area contributed by atoms with E-state index < -0.39 is 5.97 Å². The normalized spacial score (nSPS) is 10.6. The largest absolute Gasteiger partial charge is 0.483 e. The summed E-state index contributed by atoms with van der Waals surface area (Å²) >= 11 is 10.9. The fourth-order valence-electron chi connectivity index (χ4n) is 3.11. The van der Waals surface area contributed by atoms with Crippen LogP contribution in [-0.4, -0.2) is 25.6 Å². The van der Waals surface area contributed by atoms with E-state index in [1.807, 2.05) is 37.3 Å². The quantitative estimate of drug-likeness (QED) is 0.359. The molecule has 3 aromatic rings. The van der Waals surface area contributed by atoms with Crippen LogP contribution in [0.3, 0.4) is 0 Å². The molecule has 2 aromatic carbocycles. The fourth-order valence-corrected chi connectivity index (χ4v) is 4.92. The van der Waals surface area contributed by atoms with Gasteiger partial charge in [0.1, 0.15) is 16.3 Å². The first kappa shape index (κ1) is 23.3. The monoisotopic (exact) mass is 521 g/mol. The lowest BCUT2D eigenvalue weighted by Crippen LogP contribution is -2.21. The minimum Gasteiger partial charge on any atom is -0.483 e. The number of amides is 1. The second-order valence-electron chi connectivity index (χ2n) is 6.69. The molecule has 0 saturated carbocycles. The van der Waals surface area contributed by atoms with Gasteiger partial charge in [-0.1, -0.05) is 36.7 Å². The van der Waals surface area contributed by atoms with Crippen LogP contribution < -0.4 is 10.1 Å². The van der Waals surface area contributed by atoms with Gasteiger partial charge in [-0.3, -0.25) is 4.79 Å². The average molecular weight is 523 g/mol. The predicted octanol–water partition coefficient (Wildman–Crippen LogP) is 6.51. The number of aryl methyl sites for hydroxylation is 2. The van der Waals surface area contributed by atoms with Crippen molar-refractivity contribution in [1.82, 2.24) is 0 Å². The number of rotatable bonds is 7. The van der Waals surface area contributed by atoms with E-state index in [0.717, 1.165) is 26.9 Å². The van der Waals surface area contributed by atoms with E-state index in [4.69, 9.17) is 21.1 Å². The molecule has 1 N–H and O–H groups in total. The van der Waals surface area contributed by atoms with Gasteiger partial charge in [0.05, 0.1) is 11.6 Å². The smallest absolute Gasteiger partial charge is 0.341 e. The van der Waals surface area contributed by atoms with Gasteiger partial charge in [-0.25, -0.2) is 4.79 Å². The second-order valence-corrected chi connectivity index (χ2v) is 9.21. The van der Waals surface area contributed by atoms with E-state index in [2.05, 4.69) is 28.2 Å². The molecule has 162 valence electrons. The standard InChI is InChI=1S/C23H21BrClNO4S/c1-4-14-8-9-18(17(24)10-14)30-12-19(27)26-22-21(23(28)29-3)20(13(2)31-22)15-6-5-7-16(25)11-15/h5-11H,4,12H2,1-3H3,(H,26,27). The van der Waals surface area contributed by atoms with Crippen molar-refractivity contribution in [3.05, 3.63) is 68.0 Å². The second kappa shape index (κ2) is 10.3. The van der Waals surface area contributed by atoms with Crippen molar-refractivity contribution in [3.8, 4) is 16.9 Å². The van der Waals surface area contributed by atoms with Gasteiger partial charge < -0.3 is 14.8 Å². The Hall–Kier alpha value is -2.35. The van der Waals surface area contributed by atoms with Gasteiger partial charge in [0.2, 0.25) is 0 Å². The summed E-state index contributed by atoms with van der Waals surface area (Å²) < 4.78 is 11.4. The maximum Gasteiger partial charge on any atom is 0.341 e. The molecule has 31 heavy (non-hydrogen) atoms. The minimum absolute atomic E-state index is 0.200. The number of benzene rings is 2. The molecule has 0 saturated heterocycles. The zero-order valence-corrected chi connectivity index (χ0v) is 20.4. The van der Waals surface area contributed by atoms with Crippen LogP contribution in [0.25, 0.3) is 11.1 Å². The van der Waals surface area contributed by atoms with Crippen molar-refractivity contribution in [2.24, 2.45) is 0 Å². The van der Waals surface area contributed by atoms with E-state index in [1.54, 1.807) is 12.1 Å². The Bertz CT molecular complexity index is 1130. The molecule has 5 nitrogen and oxygen atoms in total. The number of nitrogens with one attached hydrogen (secondary N) is 1. The highest BCUT2D eigenvalue weighted by atomic mass is 79.9. The van der Waals surface area contributed by atoms with Crippen LogP contribution in [-0.2, 0) is 16.0 Å². The summed E-state index contributed by atoms with van der Waals surface area (Å²) in [5.41, 5.74) is 2.93. The number of carbonyl (C=O) groups excluding carboxylic acids is 2. The molecular formula is C23H21BrClNO4S. The van der Waals surface area contributed by atoms with Crippen molar-refractivity contribution in [3.63, 3.8) is 0 Å². The van der Waals surface area contributed by atoms with Gasteiger partial charge in [0.15, 0.2) is 6.61 Å². The number of hydrogen-bond acceptors (Lipinski definition) is 5. The third kappa shape index (κ3) is 5.47. The first-order chi connectivity index (χ1) is 14.8. The summed E-state index contributed by atoms with van der Waals surface area (Å²) in [4.78, 5) is 26.0. The number of thiophene rings is 1. The van der Waals surface area contributed by atoms with Gasteiger partial charge in [-0.2, -0.15) is 0 Å². The summed E-state index contributed by atoms with van der Waals surface area (Å²) in [7, 11) is 1.31. The topological polar surface area (TPSA) is 64.6 Å². The Labute approximate surface area is 198 Å². The van der Waals surface area contributed by atoms with Crippen LogP contribution in [0.15, 0.2) is 46.9 Å². The van der Waals surface area contributed by atoms with E-state index >= 15 is 0 Å². The van der Waals surface area contributed by atoms with Crippen LogP contribution >= 0.6 is 38.9 Å². The molecule has 0 bridgehead atoms. The van der Waals surface area contributed by atoms with Crippen LogP contribution in [0.1, 0.15) is 27.7 Å². The summed E-state index contributed by atoms with van der Waals surface area (Å²) in [6.07, 6.45) is 0.905. The summed E-state index contributed by atoms with van der Waals surface area (Å²) in [5.74, 6) is -0.341. The number of esters is 1. The number of ether oxygens (including phenoxy) is 2. The lowest BCUT2D eigenvalue weighted by Gasteiger charge is -2.10. The van der Waals surface area contributed by atoms with Crippen molar-refractivity contribution in [2.45, 2.75) is 20.3 Å². The number of hydrogen-bond donors (Lipinski definition) is 1. The van der Waals surface area contributed by atoms with Gasteiger partial charge >= 0.3 is 5.97 Å². The number of halogens is 2. The van der Waals surface area contributed by atoms with E-state index in [-0.39, 0.29) is 12.5 Å². The zero-order valence-electron chi connectivity index (χ0n) is 17.3. The van der Waals surface area contributed by atoms with Gasteiger partial charge in [-0.15, -0.1) is 11.3 Å². The third-order valence-corrected chi connectivity index (χ3v) is 6.48. The molecule has 0 radical (unpaired) electrons. The first-order valence-electron chi connectivity index (χ1n) is 9.52. The lowest BCUT2D eigenvalue weighted by atomic mass is 10.0.